The van der Waals surface area contributed by atoms with Crippen molar-refractivity contribution in [1.29, 1.82) is 0 Å². The van der Waals surface area contributed by atoms with E-state index >= 15 is 0 Å². The standard InChI is InChI=1S/C22H26ClN5O/c1-28(2)14-15-29-19-10-8-18(9-11-19)26-22-25-16-20(23)21(27-22)24-13-12-17-6-4-3-5-7-17/h3-11,16H,12-15H2,1-2H3,(H2,24,25,26,27). The Hall–Kier alpha value is -2.83. The molecule has 2 aromatic carbocycles. The van der Waals surface area contributed by atoms with Gasteiger partial charge in [0.25, 0.3) is 0 Å². The lowest BCUT2D eigenvalue weighted by atomic mass is 10.1. The summed E-state index contributed by atoms with van der Waals surface area (Å²) in [6.07, 6.45) is 2.49. The van der Waals surface area contributed by atoms with Gasteiger partial charge in [0.15, 0.2) is 5.82 Å². The Morgan fingerprint density at radius 3 is 2.52 bits per heavy atom. The van der Waals surface area contributed by atoms with Crippen molar-refractivity contribution in [2.45, 2.75) is 6.42 Å². The van der Waals surface area contributed by atoms with Gasteiger partial charge in [-0.2, -0.15) is 4.98 Å². The van der Waals surface area contributed by atoms with E-state index in [1.807, 2.05) is 56.6 Å². The van der Waals surface area contributed by atoms with Crippen molar-refractivity contribution in [3.8, 4) is 5.75 Å². The number of nitrogens with one attached hydrogen (secondary N) is 2. The number of ether oxygens (including phenoxy) is 1. The molecular weight excluding hydrogens is 386 g/mol. The van der Waals surface area contributed by atoms with E-state index in [1.165, 1.54) is 5.56 Å². The molecule has 6 nitrogen and oxygen atoms in total. The topological polar surface area (TPSA) is 62.3 Å². The minimum absolute atomic E-state index is 0.484. The molecule has 7 heteroatoms. The van der Waals surface area contributed by atoms with Gasteiger partial charge >= 0.3 is 0 Å². The molecule has 0 saturated heterocycles. The summed E-state index contributed by atoms with van der Waals surface area (Å²) in [5.74, 6) is 1.93. The summed E-state index contributed by atoms with van der Waals surface area (Å²) in [6, 6.07) is 18.0. The van der Waals surface area contributed by atoms with E-state index in [0.29, 0.717) is 23.4 Å². The van der Waals surface area contributed by atoms with Crippen LogP contribution in [0, 0.1) is 0 Å². The summed E-state index contributed by atoms with van der Waals surface area (Å²) in [5.41, 5.74) is 2.14. The van der Waals surface area contributed by atoms with Crippen LogP contribution in [0.25, 0.3) is 0 Å². The van der Waals surface area contributed by atoms with E-state index in [4.69, 9.17) is 16.3 Å². The molecular formula is C22H26ClN5O. The van der Waals surface area contributed by atoms with E-state index in [-0.39, 0.29) is 0 Å². The first-order valence-corrected chi connectivity index (χ1v) is 9.93. The van der Waals surface area contributed by atoms with Crippen molar-refractivity contribution < 1.29 is 4.74 Å². The SMILES string of the molecule is CN(C)CCOc1ccc(Nc2ncc(Cl)c(NCCc3ccccc3)n2)cc1. The molecule has 0 aliphatic rings. The normalized spacial score (nSPS) is 10.8. The lowest BCUT2D eigenvalue weighted by Crippen LogP contribution is -2.19. The second-order valence-corrected chi connectivity index (χ2v) is 7.26. The molecule has 152 valence electrons. The maximum atomic E-state index is 6.24. The van der Waals surface area contributed by atoms with Crippen molar-refractivity contribution in [2.75, 3.05) is 44.4 Å². The van der Waals surface area contributed by atoms with Gasteiger partial charge < -0.3 is 20.3 Å². The van der Waals surface area contributed by atoms with Crippen LogP contribution in [0.5, 0.6) is 5.75 Å². The maximum Gasteiger partial charge on any atom is 0.229 e. The van der Waals surface area contributed by atoms with Crippen LogP contribution in [0.2, 0.25) is 5.02 Å². The van der Waals surface area contributed by atoms with Crippen molar-refractivity contribution in [3.63, 3.8) is 0 Å². The number of hydrogen-bond donors (Lipinski definition) is 2. The molecule has 0 spiro atoms. The fraction of sp³-hybridized carbons (Fsp3) is 0.273. The summed E-state index contributed by atoms with van der Waals surface area (Å²) in [4.78, 5) is 10.8. The van der Waals surface area contributed by atoms with Gasteiger partial charge in [-0.05, 0) is 50.3 Å². The monoisotopic (exact) mass is 411 g/mol. The second kappa shape index (κ2) is 10.6. The Balaban J connectivity index is 1.55. The number of aromatic nitrogens is 2. The first-order valence-electron chi connectivity index (χ1n) is 9.55. The molecule has 0 aliphatic heterocycles. The average Bonchev–Trinajstić information content (AvgIpc) is 2.72. The maximum absolute atomic E-state index is 6.24. The third kappa shape index (κ3) is 6.93. The van der Waals surface area contributed by atoms with Crippen LogP contribution >= 0.6 is 11.6 Å². The molecule has 0 atom stereocenters. The highest BCUT2D eigenvalue weighted by Crippen LogP contribution is 2.22. The third-order valence-electron chi connectivity index (χ3n) is 4.21. The van der Waals surface area contributed by atoms with Crippen LogP contribution < -0.4 is 15.4 Å². The fourth-order valence-electron chi connectivity index (χ4n) is 2.63. The molecule has 0 bridgehead atoms. The summed E-state index contributed by atoms with van der Waals surface area (Å²) < 4.78 is 5.71. The molecule has 29 heavy (non-hydrogen) atoms. The molecule has 0 fully saturated rings. The number of anilines is 3. The number of nitrogens with zero attached hydrogens (tertiary/aromatic N) is 3. The minimum Gasteiger partial charge on any atom is -0.492 e. The molecule has 2 N–H and O–H groups in total. The molecule has 3 aromatic rings. The predicted molar refractivity (Wildman–Crippen MR) is 119 cm³/mol. The lowest BCUT2D eigenvalue weighted by Gasteiger charge is -2.12. The van der Waals surface area contributed by atoms with Crippen LogP contribution in [0.3, 0.4) is 0 Å². The fourth-order valence-corrected chi connectivity index (χ4v) is 2.79. The highest BCUT2D eigenvalue weighted by molar-refractivity contribution is 6.32. The Kier molecular flexibility index (Phi) is 7.67. The zero-order chi connectivity index (χ0) is 20.5. The average molecular weight is 412 g/mol. The first kappa shape index (κ1) is 20.9. The van der Waals surface area contributed by atoms with Gasteiger partial charge in [0.2, 0.25) is 5.95 Å². The van der Waals surface area contributed by atoms with Gasteiger partial charge in [-0.1, -0.05) is 41.9 Å². The van der Waals surface area contributed by atoms with Crippen LogP contribution in [0.15, 0.2) is 60.8 Å². The van der Waals surface area contributed by atoms with Gasteiger partial charge in [-0.3, -0.25) is 0 Å². The zero-order valence-electron chi connectivity index (χ0n) is 16.7. The van der Waals surface area contributed by atoms with Crippen LogP contribution in [-0.2, 0) is 6.42 Å². The third-order valence-corrected chi connectivity index (χ3v) is 4.49. The van der Waals surface area contributed by atoms with Gasteiger partial charge in [-0.15, -0.1) is 0 Å². The smallest absolute Gasteiger partial charge is 0.229 e. The van der Waals surface area contributed by atoms with E-state index in [2.05, 4.69) is 37.6 Å². The quantitative estimate of drug-likeness (QED) is 0.513. The highest BCUT2D eigenvalue weighted by Gasteiger charge is 2.06. The summed E-state index contributed by atoms with van der Waals surface area (Å²) >= 11 is 6.24. The van der Waals surface area contributed by atoms with Crippen molar-refractivity contribution >= 4 is 29.1 Å². The molecule has 3 rings (SSSR count). The van der Waals surface area contributed by atoms with Crippen LogP contribution in [0.4, 0.5) is 17.5 Å². The largest absolute Gasteiger partial charge is 0.492 e. The highest BCUT2D eigenvalue weighted by atomic mass is 35.5. The summed E-state index contributed by atoms with van der Waals surface area (Å²) in [7, 11) is 4.04. The number of hydrogen-bond acceptors (Lipinski definition) is 6. The van der Waals surface area contributed by atoms with Gasteiger partial charge in [0, 0.05) is 18.8 Å². The van der Waals surface area contributed by atoms with E-state index < -0.39 is 0 Å². The van der Waals surface area contributed by atoms with Gasteiger partial charge in [-0.25, -0.2) is 4.98 Å². The second-order valence-electron chi connectivity index (χ2n) is 6.85. The van der Waals surface area contributed by atoms with Crippen molar-refractivity contribution in [1.82, 2.24) is 14.9 Å². The summed E-state index contributed by atoms with van der Waals surface area (Å²) in [6.45, 7) is 2.26. The molecule has 1 heterocycles. The number of likely N-dealkylation sites (N-methyl/N-ethyl adjacent to an activating group) is 1. The molecule has 0 saturated carbocycles. The molecule has 1 aromatic heterocycles. The Morgan fingerprint density at radius 1 is 1.03 bits per heavy atom. The first-order chi connectivity index (χ1) is 14.1. The lowest BCUT2D eigenvalue weighted by molar-refractivity contribution is 0.261. The molecule has 0 radical (unpaired) electrons. The predicted octanol–water partition coefficient (Wildman–Crippen LogP) is 4.47. The van der Waals surface area contributed by atoms with E-state index in [0.717, 1.165) is 30.9 Å². The van der Waals surface area contributed by atoms with E-state index in [9.17, 15) is 0 Å². The van der Waals surface area contributed by atoms with Gasteiger partial charge in [0.1, 0.15) is 17.4 Å². The van der Waals surface area contributed by atoms with Crippen LogP contribution in [-0.4, -0.2) is 48.7 Å². The Labute approximate surface area is 176 Å². The summed E-state index contributed by atoms with van der Waals surface area (Å²) in [5, 5.41) is 6.97. The zero-order valence-corrected chi connectivity index (χ0v) is 17.5. The van der Waals surface area contributed by atoms with Crippen molar-refractivity contribution in [3.05, 3.63) is 71.4 Å². The van der Waals surface area contributed by atoms with Gasteiger partial charge in [0.05, 0.1) is 6.20 Å². The number of benzene rings is 2. The number of rotatable bonds is 10. The Morgan fingerprint density at radius 2 is 1.79 bits per heavy atom. The Bertz CT molecular complexity index is 887. The minimum atomic E-state index is 0.484. The molecule has 0 aliphatic carbocycles. The molecule has 0 unspecified atom stereocenters. The molecule has 0 amide bonds. The number of halogens is 1. The van der Waals surface area contributed by atoms with E-state index in [1.54, 1.807) is 6.20 Å². The van der Waals surface area contributed by atoms with Crippen molar-refractivity contribution in [2.24, 2.45) is 0 Å². The van der Waals surface area contributed by atoms with Crippen LogP contribution in [0.1, 0.15) is 5.56 Å².